The molecule has 0 aliphatic carbocycles. The van der Waals surface area contributed by atoms with Gasteiger partial charge in [-0.1, -0.05) is 5.92 Å². The molecule has 1 rings (SSSR count). The number of halogens is 3. The smallest absolute Gasteiger partial charge is 0.391 e. The Morgan fingerprint density at radius 3 is 2.36 bits per heavy atom. The zero-order valence-electron chi connectivity index (χ0n) is 11.2. The van der Waals surface area contributed by atoms with Gasteiger partial charge in [-0.05, 0) is 24.3 Å². The van der Waals surface area contributed by atoms with E-state index in [1.165, 1.54) is 24.3 Å². The number of carboxylic acids is 1. The molecule has 2 N–H and O–H groups in total. The van der Waals surface area contributed by atoms with Crippen LogP contribution in [-0.4, -0.2) is 35.8 Å². The van der Waals surface area contributed by atoms with Crippen LogP contribution in [0, 0.1) is 12.3 Å². The first-order valence-electron chi connectivity index (χ1n) is 5.99. The quantitative estimate of drug-likeness (QED) is 0.785. The molecular formula is C14H12F3NO4. The molecule has 0 heterocycles. The third-order valence-corrected chi connectivity index (χ3v) is 2.48. The molecule has 1 amide bonds. The number of nitrogens with one attached hydrogen (secondary N) is 1. The van der Waals surface area contributed by atoms with E-state index in [2.05, 4.69) is 5.92 Å². The second kappa shape index (κ2) is 7.36. The molecule has 0 aliphatic rings. The number of ether oxygens (including phenoxy) is 1. The van der Waals surface area contributed by atoms with Crippen molar-refractivity contribution in [2.75, 3.05) is 6.61 Å². The second-order valence-electron chi connectivity index (χ2n) is 4.20. The second-order valence-corrected chi connectivity index (χ2v) is 4.20. The van der Waals surface area contributed by atoms with Crippen LogP contribution in [0.5, 0.6) is 5.75 Å². The summed E-state index contributed by atoms with van der Waals surface area (Å²) in [5, 5.41) is 10.5. The van der Waals surface area contributed by atoms with Crippen LogP contribution in [0.3, 0.4) is 0 Å². The van der Waals surface area contributed by atoms with Crippen LogP contribution in [0.2, 0.25) is 0 Å². The lowest BCUT2D eigenvalue weighted by Gasteiger charge is -2.16. The maximum absolute atomic E-state index is 12.2. The first-order valence-corrected chi connectivity index (χ1v) is 5.99. The Bertz CT molecular complexity index is 575. The molecule has 0 saturated carbocycles. The van der Waals surface area contributed by atoms with E-state index < -0.39 is 30.5 Å². The molecule has 118 valence electrons. The van der Waals surface area contributed by atoms with Gasteiger partial charge in [-0.15, -0.1) is 6.42 Å². The van der Waals surface area contributed by atoms with Crippen molar-refractivity contribution in [1.29, 1.82) is 0 Å². The summed E-state index contributed by atoms with van der Waals surface area (Å²) in [4.78, 5) is 22.5. The first-order chi connectivity index (χ1) is 10.2. The van der Waals surface area contributed by atoms with E-state index in [9.17, 15) is 22.8 Å². The maximum atomic E-state index is 12.2. The van der Waals surface area contributed by atoms with Crippen molar-refractivity contribution in [1.82, 2.24) is 5.32 Å². The number of carbonyl (C=O) groups is 2. The molecule has 0 radical (unpaired) electrons. The van der Waals surface area contributed by atoms with Crippen LogP contribution in [0.1, 0.15) is 16.8 Å². The van der Waals surface area contributed by atoms with Crippen LogP contribution in [0.4, 0.5) is 13.2 Å². The minimum atomic E-state index is -4.71. The van der Waals surface area contributed by atoms with E-state index in [4.69, 9.17) is 16.3 Å². The van der Waals surface area contributed by atoms with Crippen LogP contribution in [0.15, 0.2) is 24.3 Å². The minimum Gasteiger partial charge on any atom is -0.481 e. The first kappa shape index (κ1) is 17.4. The number of aliphatic carboxylic acids is 1. The number of amides is 1. The van der Waals surface area contributed by atoms with Crippen molar-refractivity contribution in [3.63, 3.8) is 0 Å². The topological polar surface area (TPSA) is 75.6 Å². The van der Waals surface area contributed by atoms with Gasteiger partial charge in [0.15, 0.2) is 0 Å². The highest BCUT2D eigenvalue weighted by atomic mass is 19.4. The van der Waals surface area contributed by atoms with Crippen LogP contribution >= 0.6 is 0 Å². The normalized spacial score (nSPS) is 12.1. The number of hydrogen-bond donors (Lipinski definition) is 2. The molecule has 8 heteroatoms. The highest BCUT2D eigenvalue weighted by Crippen LogP contribution is 2.22. The molecular weight excluding hydrogens is 303 g/mol. The fourth-order valence-electron chi connectivity index (χ4n) is 1.50. The highest BCUT2D eigenvalue weighted by Gasteiger charge is 2.36. The van der Waals surface area contributed by atoms with Gasteiger partial charge in [-0.3, -0.25) is 4.79 Å². The Labute approximate surface area is 124 Å². The third kappa shape index (κ3) is 5.75. The van der Waals surface area contributed by atoms with Crippen LogP contribution in [-0.2, 0) is 4.79 Å². The van der Waals surface area contributed by atoms with E-state index in [0.717, 1.165) is 0 Å². The Morgan fingerprint density at radius 2 is 1.91 bits per heavy atom. The van der Waals surface area contributed by atoms with Crippen LogP contribution < -0.4 is 10.1 Å². The molecule has 0 aromatic heterocycles. The molecule has 0 aliphatic heterocycles. The minimum absolute atomic E-state index is 0.00137. The molecule has 22 heavy (non-hydrogen) atoms. The van der Waals surface area contributed by atoms with E-state index in [-0.39, 0.29) is 12.2 Å². The van der Waals surface area contributed by atoms with Gasteiger partial charge in [0.05, 0.1) is 6.42 Å². The number of hydrogen-bond acceptors (Lipinski definition) is 3. The molecule has 1 unspecified atom stereocenters. The number of rotatable bonds is 6. The number of alkyl halides is 3. The highest BCUT2D eigenvalue weighted by molar-refractivity contribution is 5.96. The van der Waals surface area contributed by atoms with Gasteiger partial charge >= 0.3 is 12.1 Å². The summed E-state index contributed by atoms with van der Waals surface area (Å²) in [7, 11) is 0. The van der Waals surface area contributed by atoms with Crippen molar-refractivity contribution in [2.24, 2.45) is 0 Å². The lowest BCUT2D eigenvalue weighted by molar-refractivity contribution is -0.157. The Morgan fingerprint density at radius 1 is 1.32 bits per heavy atom. The third-order valence-electron chi connectivity index (χ3n) is 2.48. The fourth-order valence-corrected chi connectivity index (χ4v) is 1.50. The molecule has 0 saturated heterocycles. The number of terminal acetylenes is 1. The molecule has 5 nitrogen and oxygen atoms in total. The molecule has 1 atom stereocenters. The largest absolute Gasteiger partial charge is 0.481 e. The SMILES string of the molecule is C#CCOc1ccc(C(=O)NC(CC(F)(F)F)C(=O)O)cc1. The van der Waals surface area contributed by atoms with Crippen molar-refractivity contribution < 1.29 is 32.6 Å². The lowest BCUT2D eigenvalue weighted by Crippen LogP contribution is -2.43. The van der Waals surface area contributed by atoms with Gasteiger partial charge in [0, 0.05) is 5.56 Å². The Hall–Kier alpha value is -2.69. The number of benzene rings is 1. The molecule has 0 bridgehead atoms. The number of carboxylic acid groups (broad SMARTS) is 1. The van der Waals surface area contributed by atoms with Gasteiger partial charge in [0.25, 0.3) is 5.91 Å². The Balaban J connectivity index is 2.74. The summed E-state index contributed by atoms with van der Waals surface area (Å²) in [6.07, 6.45) is -1.36. The average Bonchev–Trinajstić information content (AvgIpc) is 2.43. The average molecular weight is 315 g/mol. The van der Waals surface area contributed by atoms with E-state index in [1.807, 2.05) is 5.32 Å². The maximum Gasteiger partial charge on any atom is 0.391 e. The predicted octanol–water partition coefficient (Wildman–Crippen LogP) is 1.83. The van der Waals surface area contributed by atoms with E-state index in [0.29, 0.717) is 5.75 Å². The summed E-state index contributed by atoms with van der Waals surface area (Å²) in [6, 6.07) is 3.31. The molecule has 0 spiro atoms. The van der Waals surface area contributed by atoms with Gasteiger partial charge in [-0.2, -0.15) is 13.2 Å². The standard InChI is InChI=1S/C14H12F3NO4/c1-2-7-22-10-5-3-9(4-6-10)12(19)18-11(13(20)21)8-14(15,16)17/h1,3-6,11H,7-8H2,(H,18,19)(H,20,21). The summed E-state index contributed by atoms with van der Waals surface area (Å²) in [6.45, 7) is 0.0260. The van der Waals surface area contributed by atoms with Gasteiger partial charge in [-0.25, -0.2) is 4.79 Å². The monoisotopic (exact) mass is 315 g/mol. The molecule has 1 aromatic rings. The number of carbonyl (C=O) groups excluding carboxylic acids is 1. The van der Waals surface area contributed by atoms with E-state index in [1.54, 1.807) is 0 Å². The Kier molecular flexibility index (Phi) is 5.81. The van der Waals surface area contributed by atoms with Crippen LogP contribution in [0.25, 0.3) is 0 Å². The van der Waals surface area contributed by atoms with Gasteiger partial charge in [0.1, 0.15) is 18.4 Å². The summed E-state index contributed by atoms with van der Waals surface area (Å²) in [5.41, 5.74) is 0.00137. The van der Waals surface area contributed by atoms with Crippen molar-refractivity contribution >= 4 is 11.9 Å². The zero-order valence-corrected chi connectivity index (χ0v) is 11.2. The van der Waals surface area contributed by atoms with Crippen molar-refractivity contribution in [2.45, 2.75) is 18.6 Å². The molecule has 1 aromatic carbocycles. The van der Waals surface area contributed by atoms with Gasteiger partial charge in [0.2, 0.25) is 0 Å². The zero-order chi connectivity index (χ0) is 16.8. The predicted molar refractivity (Wildman–Crippen MR) is 70.3 cm³/mol. The summed E-state index contributed by atoms with van der Waals surface area (Å²) in [5.74, 6) is -0.0795. The summed E-state index contributed by atoms with van der Waals surface area (Å²) < 4.78 is 41.8. The lowest BCUT2D eigenvalue weighted by atomic mass is 10.1. The molecule has 0 fully saturated rings. The summed E-state index contributed by atoms with van der Waals surface area (Å²) >= 11 is 0. The van der Waals surface area contributed by atoms with Gasteiger partial charge < -0.3 is 15.2 Å². The van der Waals surface area contributed by atoms with E-state index >= 15 is 0 Å². The van der Waals surface area contributed by atoms with Crippen molar-refractivity contribution in [3.8, 4) is 18.1 Å². The van der Waals surface area contributed by atoms with Crippen molar-refractivity contribution in [3.05, 3.63) is 29.8 Å². The fraction of sp³-hybridized carbons (Fsp3) is 0.286.